The van der Waals surface area contributed by atoms with Crippen molar-refractivity contribution in [2.45, 2.75) is 52.7 Å². The van der Waals surface area contributed by atoms with E-state index in [0.29, 0.717) is 35.6 Å². The molecule has 0 radical (unpaired) electrons. The number of carbonyl (C=O) groups excluding carboxylic acids is 3. The molecule has 0 spiro atoms. The van der Waals surface area contributed by atoms with Gasteiger partial charge in [-0.15, -0.1) is 0 Å². The molecule has 0 aliphatic rings. The van der Waals surface area contributed by atoms with Gasteiger partial charge >= 0.3 is 0 Å². The second-order valence-corrected chi connectivity index (χ2v) is 9.56. The molecule has 2 rings (SSSR count). The van der Waals surface area contributed by atoms with E-state index < -0.39 is 6.10 Å². The highest BCUT2D eigenvalue weighted by atomic mass is 16.4. The fourth-order valence-electron chi connectivity index (χ4n) is 3.53. The lowest BCUT2D eigenvalue weighted by molar-refractivity contribution is -0.123. The van der Waals surface area contributed by atoms with E-state index in [1.807, 2.05) is 26.8 Å². The number of aliphatic hydroxyl groups is 1. The Hall–Kier alpha value is -4.29. The lowest BCUT2D eigenvalue weighted by atomic mass is 9.95. The number of unbranched alkanes of at least 4 members (excludes halogenated alkanes) is 1. The molecule has 1 unspecified atom stereocenters. The van der Waals surface area contributed by atoms with Crippen molar-refractivity contribution in [3.05, 3.63) is 70.7 Å². The quantitative estimate of drug-likeness (QED) is 0.168. The molecular weight excluding hydrogens is 540 g/mol. The number of nitrogens with one attached hydrogen (secondary N) is 2. The van der Waals surface area contributed by atoms with Gasteiger partial charge in [0.05, 0.1) is 24.0 Å². The molecule has 0 aliphatic heterocycles. The van der Waals surface area contributed by atoms with Crippen LogP contribution < -0.4 is 16.6 Å². The lowest BCUT2D eigenvalue weighted by Gasteiger charge is -2.17. The number of aliphatic hydroxyl groups excluding tert-OH is 1. The van der Waals surface area contributed by atoms with Crippen LogP contribution in [0.2, 0.25) is 0 Å². The average Bonchev–Trinajstić information content (AvgIpc) is 3.34. The minimum Gasteiger partial charge on any atom is -0.388 e. The molecule has 2 aromatic rings. The predicted octanol–water partition coefficient (Wildman–Crippen LogP) is 2.80. The number of primary amides is 1. The smallest absolute Gasteiger partial charge is 0.274 e. The normalized spacial score (nSPS) is 11.6. The first-order valence-electron chi connectivity index (χ1n) is 13.4. The van der Waals surface area contributed by atoms with Crippen LogP contribution in [0.25, 0.3) is 11.6 Å². The van der Waals surface area contributed by atoms with E-state index >= 15 is 0 Å². The van der Waals surface area contributed by atoms with E-state index in [2.05, 4.69) is 32.3 Å². The molecule has 12 nitrogen and oxygen atoms in total. The molecule has 0 saturated carbocycles. The van der Waals surface area contributed by atoms with Gasteiger partial charge in [-0.3, -0.25) is 19.2 Å². The molecule has 2 heterocycles. The standard InChI is InChI=1S/C27H37N5O4.C2H6O.CH3NO/c1-7-19(26(35)18(3)4)25-20(8-2)28-22(30-25)17-32-16-12-13-21(27(32)36)29-23(33)14-10-9-11-15-24(34)31(5)6;1-3-2;2-1-3/h7-8,11-13,15-16,18,26,35H,2,9-10,14,17H2,1,3-6H3,(H,28,30)(H,29,33);1-2H3;1H,(H2,2,3)/b15-11+,19-7+;;. The Labute approximate surface area is 248 Å². The Kier molecular flexibility index (Phi) is 18.5. The first kappa shape index (κ1) is 37.7. The molecule has 0 fully saturated rings. The van der Waals surface area contributed by atoms with Crippen LogP contribution in [0, 0.1) is 5.92 Å². The minimum atomic E-state index is -0.685. The molecular formula is C30H46N6O6. The van der Waals surface area contributed by atoms with Crippen LogP contribution in [0.4, 0.5) is 5.69 Å². The van der Waals surface area contributed by atoms with Crippen molar-refractivity contribution in [1.82, 2.24) is 19.4 Å². The van der Waals surface area contributed by atoms with Gasteiger partial charge in [0, 0.05) is 46.5 Å². The maximum absolute atomic E-state index is 13.0. The number of ether oxygens (including phenoxy) is 1. The summed E-state index contributed by atoms with van der Waals surface area (Å²) in [5.74, 6) is 0.159. The highest BCUT2D eigenvalue weighted by molar-refractivity contribution is 5.90. The van der Waals surface area contributed by atoms with Crippen molar-refractivity contribution in [2.75, 3.05) is 33.6 Å². The van der Waals surface area contributed by atoms with Gasteiger partial charge in [-0.2, -0.15) is 0 Å². The number of amides is 3. The maximum atomic E-state index is 13.0. The van der Waals surface area contributed by atoms with Gasteiger partial charge in [0.1, 0.15) is 11.5 Å². The minimum absolute atomic E-state index is 0.00786. The molecule has 3 amide bonds. The van der Waals surface area contributed by atoms with Gasteiger partial charge in [0.25, 0.3) is 5.56 Å². The van der Waals surface area contributed by atoms with E-state index in [1.165, 1.54) is 15.5 Å². The van der Waals surface area contributed by atoms with Crippen LogP contribution >= 0.6 is 0 Å². The Morgan fingerprint density at radius 1 is 1.31 bits per heavy atom. The summed E-state index contributed by atoms with van der Waals surface area (Å²) in [5.41, 5.74) is 5.95. The Bertz CT molecular complexity index is 1260. The topological polar surface area (TPSA) is 173 Å². The SMILES string of the molecule is C=Cc1[nH]c(Cn2cccc(NC(=O)CCC/C=C/C(=O)N(C)C)c2=O)nc1/C(=C\C)C(O)C(C)C.COC.NC=O. The van der Waals surface area contributed by atoms with Gasteiger partial charge in [-0.25, -0.2) is 4.98 Å². The lowest BCUT2D eigenvalue weighted by Crippen LogP contribution is -2.26. The number of hydrogen-bond donors (Lipinski definition) is 4. The summed E-state index contributed by atoms with van der Waals surface area (Å²) in [6.07, 6.45) is 9.23. The van der Waals surface area contributed by atoms with Crippen molar-refractivity contribution < 1.29 is 24.2 Å². The molecule has 1 atom stereocenters. The highest BCUT2D eigenvalue weighted by Crippen LogP contribution is 2.25. The third-order valence-corrected chi connectivity index (χ3v) is 5.61. The monoisotopic (exact) mass is 586 g/mol. The number of imidazole rings is 1. The van der Waals surface area contributed by atoms with Gasteiger partial charge in [-0.1, -0.05) is 32.6 Å². The van der Waals surface area contributed by atoms with Crippen LogP contribution in [0.1, 0.15) is 57.2 Å². The van der Waals surface area contributed by atoms with Gasteiger partial charge in [-0.05, 0) is 50.0 Å². The maximum Gasteiger partial charge on any atom is 0.274 e. The summed E-state index contributed by atoms with van der Waals surface area (Å²) in [6.45, 7) is 9.69. The van der Waals surface area contributed by atoms with E-state index in [-0.39, 0.29) is 48.4 Å². The van der Waals surface area contributed by atoms with Gasteiger partial charge in [0.15, 0.2) is 0 Å². The number of aromatic amines is 1. The number of allylic oxidation sites excluding steroid dienone is 2. The van der Waals surface area contributed by atoms with Crippen LogP contribution in [0.15, 0.2) is 47.9 Å². The van der Waals surface area contributed by atoms with Crippen LogP contribution in [-0.2, 0) is 25.7 Å². The zero-order valence-corrected chi connectivity index (χ0v) is 25.7. The Morgan fingerprint density at radius 3 is 2.45 bits per heavy atom. The summed E-state index contributed by atoms with van der Waals surface area (Å²) >= 11 is 0. The molecule has 232 valence electrons. The van der Waals surface area contributed by atoms with E-state index in [9.17, 15) is 19.5 Å². The molecule has 12 heteroatoms. The number of H-pyrrole nitrogens is 1. The number of methoxy groups -OCH3 is 1. The number of anilines is 1. The molecule has 42 heavy (non-hydrogen) atoms. The molecule has 2 aromatic heterocycles. The third-order valence-electron chi connectivity index (χ3n) is 5.61. The van der Waals surface area contributed by atoms with Crippen molar-refractivity contribution >= 4 is 35.6 Å². The van der Waals surface area contributed by atoms with E-state index in [4.69, 9.17) is 4.79 Å². The average molecular weight is 587 g/mol. The highest BCUT2D eigenvalue weighted by Gasteiger charge is 2.21. The van der Waals surface area contributed by atoms with Crippen LogP contribution in [0.5, 0.6) is 0 Å². The Morgan fingerprint density at radius 2 is 1.93 bits per heavy atom. The molecule has 0 bridgehead atoms. The second kappa shape index (κ2) is 20.6. The van der Waals surface area contributed by atoms with Crippen molar-refractivity contribution in [3.8, 4) is 0 Å². The van der Waals surface area contributed by atoms with E-state index in [1.54, 1.807) is 58.8 Å². The molecule has 0 aliphatic carbocycles. The first-order chi connectivity index (χ1) is 19.9. The summed E-state index contributed by atoms with van der Waals surface area (Å²) in [4.78, 5) is 54.7. The van der Waals surface area contributed by atoms with Crippen LogP contribution in [0.3, 0.4) is 0 Å². The number of aromatic nitrogens is 3. The number of pyridine rings is 1. The summed E-state index contributed by atoms with van der Waals surface area (Å²) in [5, 5.41) is 13.3. The van der Waals surface area contributed by atoms with Crippen molar-refractivity contribution in [1.29, 1.82) is 0 Å². The molecule has 0 saturated heterocycles. The number of rotatable bonds is 12. The van der Waals surface area contributed by atoms with Crippen LogP contribution in [-0.4, -0.2) is 77.2 Å². The molecule has 5 N–H and O–H groups in total. The number of likely N-dealkylation sites (N-methyl/N-ethyl adjacent to an activating group) is 1. The fourth-order valence-corrected chi connectivity index (χ4v) is 3.53. The van der Waals surface area contributed by atoms with Crippen molar-refractivity contribution in [3.63, 3.8) is 0 Å². The van der Waals surface area contributed by atoms with Crippen molar-refractivity contribution in [2.24, 2.45) is 11.7 Å². The number of nitrogens with two attached hydrogens (primary N) is 1. The van der Waals surface area contributed by atoms with Gasteiger partial charge < -0.3 is 35.3 Å². The first-order valence-corrected chi connectivity index (χ1v) is 13.4. The number of carbonyl (C=O) groups is 3. The summed E-state index contributed by atoms with van der Waals surface area (Å²) < 4.78 is 5.70. The predicted molar refractivity (Wildman–Crippen MR) is 166 cm³/mol. The third kappa shape index (κ3) is 12.9. The zero-order valence-electron chi connectivity index (χ0n) is 25.7. The number of nitrogens with zero attached hydrogens (tertiary/aromatic N) is 3. The summed E-state index contributed by atoms with van der Waals surface area (Å²) in [6, 6.07) is 3.25. The summed E-state index contributed by atoms with van der Waals surface area (Å²) in [7, 11) is 6.60. The number of hydrogen-bond acceptors (Lipinski definition) is 7. The Balaban J connectivity index is 0.00000257. The zero-order chi connectivity index (χ0) is 32.2. The fraction of sp³-hybridized carbons (Fsp3) is 0.433. The second-order valence-electron chi connectivity index (χ2n) is 9.56. The molecule has 0 aromatic carbocycles. The van der Waals surface area contributed by atoms with E-state index in [0.717, 1.165) is 0 Å². The largest absolute Gasteiger partial charge is 0.388 e. The van der Waals surface area contributed by atoms with Gasteiger partial charge in [0.2, 0.25) is 18.2 Å².